The molecular weight excluding hydrogens is 392 g/mol. The number of amides is 1. The lowest BCUT2D eigenvalue weighted by atomic mass is 10.2. The highest BCUT2D eigenvalue weighted by atomic mass is 32.1. The summed E-state index contributed by atoms with van der Waals surface area (Å²) in [5, 5.41) is 17.0. The van der Waals surface area contributed by atoms with Gasteiger partial charge in [0.1, 0.15) is 16.3 Å². The summed E-state index contributed by atoms with van der Waals surface area (Å²) < 4.78 is 0. The number of thiazole rings is 1. The van der Waals surface area contributed by atoms with Crippen molar-refractivity contribution in [1.82, 2.24) is 20.2 Å². The number of carbonyl (C=O) groups is 1. The average molecular weight is 409 g/mol. The summed E-state index contributed by atoms with van der Waals surface area (Å²) in [4.78, 5) is 21.1. The van der Waals surface area contributed by atoms with Crippen LogP contribution < -0.4 is 10.6 Å². The van der Waals surface area contributed by atoms with E-state index >= 15 is 0 Å². The van der Waals surface area contributed by atoms with Crippen LogP contribution in [0.4, 0.5) is 10.9 Å². The molecule has 28 heavy (non-hydrogen) atoms. The highest BCUT2D eigenvalue weighted by Crippen LogP contribution is 2.23. The molecule has 0 unspecified atom stereocenters. The molecule has 3 heterocycles. The number of pyridine rings is 1. The molecule has 0 saturated heterocycles. The Hall–Kier alpha value is -3.17. The first-order valence-corrected chi connectivity index (χ1v) is 10.3. The molecule has 7 nitrogen and oxygen atoms in total. The number of nitrogens with zero attached hydrogens (tertiary/aromatic N) is 4. The Balaban J connectivity index is 1.28. The van der Waals surface area contributed by atoms with Crippen molar-refractivity contribution in [2.75, 3.05) is 17.2 Å². The molecule has 1 aromatic carbocycles. The second-order valence-corrected chi connectivity index (χ2v) is 7.51. The van der Waals surface area contributed by atoms with Crippen LogP contribution in [0.2, 0.25) is 0 Å². The zero-order chi connectivity index (χ0) is 19.2. The third kappa shape index (κ3) is 4.56. The first kappa shape index (κ1) is 18.2. The molecule has 0 atom stereocenters. The zero-order valence-corrected chi connectivity index (χ0v) is 16.3. The molecule has 0 aliphatic heterocycles. The van der Waals surface area contributed by atoms with Crippen LogP contribution in [-0.2, 0) is 6.42 Å². The van der Waals surface area contributed by atoms with E-state index in [1.807, 2.05) is 18.2 Å². The number of hydrogen-bond acceptors (Lipinski definition) is 8. The van der Waals surface area contributed by atoms with E-state index in [1.165, 1.54) is 17.5 Å². The van der Waals surface area contributed by atoms with Crippen LogP contribution >= 0.6 is 22.7 Å². The van der Waals surface area contributed by atoms with Crippen LogP contribution in [0.5, 0.6) is 0 Å². The van der Waals surface area contributed by atoms with Gasteiger partial charge in [-0.25, -0.2) is 9.97 Å². The molecular formula is C19H16N6OS2. The minimum Gasteiger partial charge on any atom is -0.370 e. The summed E-state index contributed by atoms with van der Waals surface area (Å²) in [5.74, 6) is 0.456. The van der Waals surface area contributed by atoms with Crippen LogP contribution in [0.1, 0.15) is 16.1 Å². The van der Waals surface area contributed by atoms with Gasteiger partial charge in [-0.05, 0) is 12.1 Å². The fraction of sp³-hybridized carbons (Fsp3) is 0.105. The molecule has 140 valence electrons. The Morgan fingerprint density at radius 2 is 1.96 bits per heavy atom. The minimum atomic E-state index is -0.258. The third-order valence-electron chi connectivity index (χ3n) is 3.87. The fourth-order valence-corrected chi connectivity index (χ4v) is 3.78. The van der Waals surface area contributed by atoms with Gasteiger partial charge in [0.05, 0.1) is 11.3 Å². The molecule has 0 aliphatic rings. The number of rotatable bonds is 7. The van der Waals surface area contributed by atoms with E-state index in [4.69, 9.17) is 0 Å². The first-order valence-electron chi connectivity index (χ1n) is 8.55. The van der Waals surface area contributed by atoms with Gasteiger partial charge in [-0.2, -0.15) is 0 Å². The Bertz CT molecular complexity index is 1030. The SMILES string of the molecule is O=C(Nc1nncs1)c1ccc(NCCc2csc(-c3ccccc3)n2)nc1. The van der Waals surface area contributed by atoms with Crippen molar-refractivity contribution in [3.8, 4) is 10.6 Å². The van der Waals surface area contributed by atoms with Crippen molar-refractivity contribution < 1.29 is 4.79 Å². The Kier molecular flexibility index (Phi) is 5.64. The van der Waals surface area contributed by atoms with Crippen molar-refractivity contribution in [3.63, 3.8) is 0 Å². The van der Waals surface area contributed by atoms with Gasteiger partial charge in [0.2, 0.25) is 5.13 Å². The normalized spacial score (nSPS) is 10.6. The van der Waals surface area contributed by atoms with Gasteiger partial charge in [0.25, 0.3) is 5.91 Å². The maximum atomic E-state index is 12.1. The molecule has 3 aromatic heterocycles. The van der Waals surface area contributed by atoms with Gasteiger partial charge < -0.3 is 5.32 Å². The van der Waals surface area contributed by atoms with Gasteiger partial charge in [-0.3, -0.25) is 10.1 Å². The number of carbonyl (C=O) groups excluding carboxylic acids is 1. The summed E-state index contributed by atoms with van der Waals surface area (Å²) >= 11 is 2.91. The lowest BCUT2D eigenvalue weighted by Crippen LogP contribution is -2.13. The van der Waals surface area contributed by atoms with Crippen LogP contribution in [0.3, 0.4) is 0 Å². The van der Waals surface area contributed by atoms with Crippen molar-refractivity contribution in [1.29, 1.82) is 0 Å². The van der Waals surface area contributed by atoms with E-state index in [0.29, 0.717) is 23.1 Å². The van der Waals surface area contributed by atoms with Crippen molar-refractivity contribution in [2.24, 2.45) is 0 Å². The smallest absolute Gasteiger partial charge is 0.259 e. The Morgan fingerprint density at radius 3 is 2.71 bits per heavy atom. The van der Waals surface area contributed by atoms with Gasteiger partial charge in [-0.15, -0.1) is 21.5 Å². The zero-order valence-electron chi connectivity index (χ0n) is 14.7. The van der Waals surface area contributed by atoms with Gasteiger partial charge in [0, 0.05) is 30.1 Å². The minimum absolute atomic E-state index is 0.258. The summed E-state index contributed by atoms with van der Waals surface area (Å²) in [6, 6.07) is 13.7. The van der Waals surface area contributed by atoms with E-state index in [2.05, 4.69) is 48.3 Å². The van der Waals surface area contributed by atoms with Crippen LogP contribution in [0.15, 0.2) is 59.6 Å². The largest absolute Gasteiger partial charge is 0.370 e. The predicted octanol–water partition coefficient (Wildman–Crippen LogP) is 3.96. The standard InChI is InChI=1S/C19H16N6OS2/c26-17(24-19-25-22-12-28-19)14-6-7-16(21-10-14)20-9-8-15-11-27-18(23-15)13-4-2-1-3-5-13/h1-7,10-12H,8-9H2,(H,20,21)(H,24,25,26). The summed E-state index contributed by atoms with van der Waals surface area (Å²) in [7, 11) is 0. The predicted molar refractivity (Wildman–Crippen MR) is 112 cm³/mol. The number of nitrogens with one attached hydrogen (secondary N) is 2. The third-order valence-corrected chi connectivity index (χ3v) is 5.41. The summed E-state index contributed by atoms with van der Waals surface area (Å²) in [5.41, 5.74) is 4.21. The van der Waals surface area contributed by atoms with E-state index in [9.17, 15) is 4.79 Å². The van der Waals surface area contributed by atoms with Crippen molar-refractivity contribution in [2.45, 2.75) is 6.42 Å². The maximum Gasteiger partial charge on any atom is 0.259 e. The second-order valence-electron chi connectivity index (χ2n) is 5.82. The molecule has 0 saturated carbocycles. The highest BCUT2D eigenvalue weighted by Gasteiger charge is 2.09. The lowest BCUT2D eigenvalue weighted by Gasteiger charge is -2.05. The second kappa shape index (κ2) is 8.68. The molecule has 2 N–H and O–H groups in total. The topological polar surface area (TPSA) is 92.7 Å². The van der Waals surface area contributed by atoms with Crippen molar-refractivity contribution >= 4 is 39.5 Å². The Labute approximate surface area is 169 Å². The maximum absolute atomic E-state index is 12.1. The molecule has 0 fully saturated rings. The van der Waals surface area contributed by atoms with E-state index in [0.717, 1.165) is 22.7 Å². The molecule has 4 rings (SSSR count). The average Bonchev–Trinajstić information content (AvgIpc) is 3.41. The summed E-state index contributed by atoms with van der Waals surface area (Å²) in [6.45, 7) is 0.710. The van der Waals surface area contributed by atoms with Gasteiger partial charge >= 0.3 is 0 Å². The van der Waals surface area contributed by atoms with Crippen LogP contribution in [-0.4, -0.2) is 32.6 Å². The van der Waals surface area contributed by atoms with E-state index in [-0.39, 0.29) is 5.91 Å². The molecule has 0 bridgehead atoms. The Morgan fingerprint density at radius 1 is 1.07 bits per heavy atom. The molecule has 4 aromatic rings. The first-order chi connectivity index (χ1) is 13.8. The van der Waals surface area contributed by atoms with Crippen LogP contribution in [0, 0.1) is 0 Å². The molecule has 0 aliphatic carbocycles. The fourth-order valence-electron chi connectivity index (χ4n) is 2.48. The van der Waals surface area contributed by atoms with Crippen LogP contribution in [0.25, 0.3) is 10.6 Å². The quantitative estimate of drug-likeness (QED) is 0.481. The van der Waals surface area contributed by atoms with E-state index < -0.39 is 0 Å². The number of aromatic nitrogens is 4. The van der Waals surface area contributed by atoms with Crippen molar-refractivity contribution in [3.05, 3.63) is 70.8 Å². The number of hydrogen-bond donors (Lipinski definition) is 2. The molecule has 0 radical (unpaired) electrons. The van der Waals surface area contributed by atoms with E-state index in [1.54, 1.807) is 29.0 Å². The van der Waals surface area contributed by atoms with Gasteiger partial charge in [-0.1, -0.05) is 41.7 Å². The molecule has 1 amide bonds. The molecule has 0 spiro atoms. The summed E-state index contributed by atoms with van der Waals surface area (Å²) in [6.07, 6.45) is 2.33. The lowest BCUT2D eigenvalue weighted by molar-refractivity contribution is 0.102. The molecule has 9 heteroatoms. The van der Waals surface area contributed by atoms with Gasteiger partial charge in [0.15, 0.2) is 0 Å². The number of benzene rings is 1. The number of anilines is 2. The monoisotopic (exact) mass is 408 g/mol. The highest BCUT2D eigenvalue weighted by molar-refractivity contribution is 7.13.